The quantitative estimate of drug-likeness (QED) is 0.603. The summed E-state index contributed by atoms with van der Waals surface area (Å²) in [6, 6.07) is 4.44. The molecule has 12 heteroatoms. The van der Waals surface area contributed by atoms with Crippen LogP contribution in [0.1, 0.15) is 39.1 Å². The van der Waals surface area contributed by atoms with Crippen LogP contribution in [0.4, 0.5) is 22.0 Å². The molecular weight excluding hydrogens is 441 g/mol. The predicted octanol–water partition coefficient (Wildman–Crippen LogP) is 4.23. The van der Waals surface area contributed by atoms with E-state index in [9.17, 15) is 31.5 Å². The molecule has 3 rings (SSSR count). The summed E-state index contributed by atoms with van der Waals surface area (Å²) >= 11 is 6.10. The van der Waals surface area contributed by atoms with Crippen molar-refractivity contribution in [2.75, 3.05) is 0 Å². The van der Waals surface area contributed by atoms with Gasteiger partial charge in [0.05, 0.1) is 5.69 Å². The van der Waals surface area contributed by atoms with Crippen molar-refractivity contribution in [2.24, 2.45) is 5.73 Å². The SMILES string of the molecule is CC(F)(F)c1ccc(Cl)c(Cc2cc(=O)n3c(C(N)=O)c(C(F)(F)F)sc3n2)c1. The minimum absolute atomic E-state index is 0.000496. The lowest BCUT2D eigenvalue weighted by molar-refractivity contribution is -0.134. The van der Waals surface area contributed by atoms with E-state index in [1.807, 2.05) is 0 Å². The normalized spacial score (nSPS) is 12.5. The lowest BCUT2D eigenvalue weighted by Crippen LogP contribution is -2.25. The molecule has 3 aromatic rings. The molecule has 0 atom stereocenters. The van der Waals surface area contributed by atoms with Crippen LogP contribution in [-0.4, -0.2) is 15.3 Å². The zero-order chi connectivity index (χ0) is 21.7. The second kappa shape index (κ2) is 7.06. The fourth-order valence-electron chi connectivity index (χ4n) is 2.71. The molecule has 2 heterocycles. The maximum atomic E-state index is 13.6. The minimum Gasteiger partial charge on any atom is -0.364 e. The summed E-state index contributed by atoms with van der Waals surface area (Å²) in [6.07, 6.45) is -5.10. The first-order chi connectivity index (χ1) is 13.3. The van der Waals surface area contributed by atoms with Gasteiger partial charge < -0.3 is 5.73 Å². The Bertz CT molecular complexity index is 1180. The number of nitrogens with zero attached hydrogens (tertiary/aromatic N) is 2. The van der Waals surface area contributed by atoms with Crippen molar-refractivity contribution in [3.8, 4) is 0 Å². The first-order valence-corrected chi connectivity index (χ1v) is 9.07. The van der Waals surface area contributed by atoms with E-state index in [-0.39, 0.29) is 39.6 Å². The molecule has 5 nitrogen and oxygen atoms in total. The third kappa shape index (κ3) is 4.10. The molecule has 29 heavy (non-hydrogen) atoms. The van der Waals surface area contributed by atoms with Gasteiger partial charge in [0.25, 0.3) is 17.4 Å². The fourth-order valence-corrected chi connectivity index (χ4v) is 3.91. The van der Waals surface area contributed by atoms with E-state index < -0.39 is 39.1 Å². The van der Waals surface area contributed by atoms with E-state index in [0.29, 0.717) is 11.3 Å². The number of aromatic nitrogens is 2. The van der Waals surface area contributed by atoms with Crippen molar-refractivity contribution in [3.63, 3.8) is 0 Å². The summed E-state index contributed by atoms with van der Waals surface area (Å²) in [5.74, 6) is -4.57. The lowest BCUT2D eigenvalue weighted by atomic mass is 10.0. The lowest BCUT2D eigenvalue weighted by Gasteiger charge is -2.13. The summed E-state index contributed by atoms with van der Waals surface area (Å²) in [6.45, 7) is 0.701. The standard InChI is InChI=1S/C17H11ClF5N3O2S/c1-16(19,20)8-2-3-10(18)7(4-8)5-9-6-11(27)26-12(14(24)28)13(17(21,22)23)29-15(26)25-9/h2-4,6H,5H2,1H3,(H2,24,28). The van der Waals surface area contributed by atoms with E-state index >= 15 is 0 Å². The molecule has 0 unspecified atom stereocenters. The Hall–Kier alpha value is -2.53. The number of fused-ring (bicyclic) bond motifs is 1. The topological polar surface area (TPSA) is 77.5 Å². The number of rotatable bonds is 4. The van der Waals surface area contributed by atoms with Crippen LogP contribution in [0.25, 0.3) is 4.96 Å². The summed E-state index contributed by atoms with van der Waals surface area (Å²) in [5.41, 5.74) is 2.95. The Balaban J connectivity index is 2.14. The molecule has 0 aliphatic heterocycles. The second-order valence-electron chi connectivity index (χ2n) is 6.22. The number of alkyl halides is 5. The highest BCUT2D eigenvalue weighted by Crippen LogP contribution is 2.37. The van der Waals surface area contributed by atoms with E-state index in [1.165, 1.54) is 6.07 Å². The molecule has 0 saturated carbocycles. The van der Waals surface area contributed by atoms with Crippen LogP contribution < -0.4 is 11.3 Å². The molecule has 0 fully saturated rings. The Morgan fingerprint density at radius 2 is 1.90 bits per heavy atom. The van der Waals surface area contributed by atoms with Gasteiger partial charge in [-0.1, -0.05) is 29.0 Å². The van der Waals surface area contributed by atoms with Crippen molar-refractivity contribution < 1.29 is 26.7 Å². The molecule has 2 aromatic heterocycles. The van der Waals surface area contributed by atoms with Gasteiger partial charge in [0.15, 0.2) is 4.96 Å². The monoisotopic (exact) mass is 451 g/mol. The molecule has 0 aliphatic rings. The van der Waals surface area contributed by atoms with E-state index in [2.05, 4.69) is 4.98 Å². The van der Waals surface area contributed by atoms with E-state index in [1.54, 1.807) is 0 Å². The zero-order valence-electron chi connectivity index (χ0n) is 14.5. The molecule has 1 aromatic carbocycles. The molecule has 154 valence electrons. The van der Waals surface area contributed by atoms with Crippen LogP contribution >= 0.6 is 22.9 Å². The summed E-state index contributed by atoms with van der Waals surface area (Å²) in [4.78, 5) is 26.1. The third-order valence-electron chi connectivity index (χ3n) is 3.99. The van der Waals surface area contributed by atoms with Gasteiger partial charge in [-0.3, -0.25) is 9.59 Å². The number of carbonyl (C=O) groups is 1. The van der Waals surface area contributed by atoms with Gasteiger partial charge in [-0.05, 0) is 17.7 Å². The third-order valence-corrected chi connectivity index (χ3v) is 5.44. The van der Waals surface area contributed by atoms with Crippen LogP contribution in [0.15, 0.2) is 29.1 Å². The number of primary amides is 1. The number of hydrogen-bond acceptors (Lipinski definition) is 4. The van der Waals surface area contributed by atoms with Gasteiger partial charge in [-0.25, -0.2) is 18.2 Å². The smallest absolute Gasteiger partial charge is 0.364 e. The zero-order valence-corrected chi connectivity index (χ0v) is 16.1. The molecule has 0 radical (unpaired) electrons. The van der Waals surface area contributed by atoms with Crippen molar-refractivity contribution in [3.05, 3.63) is 67.0 Å². The Kier molecular flexibility index (Phi) is 5.16. The van der Waals surface area contributed by atoms with Crippen LogP contribution in [0.2, 0.25) is 5.02 Å². The largest absolute Gasteiger partial charge is 0.427 e. The number of thiazole rings is 1. The number of nitrogens with two attached hydrogens (primary N) is 1. The Morgan fingerprint density at radius 1 is 1.24 bits per heavy atom. The van der Waals surface area contributed by atoms with Gasteiger partial charge in [0.1, 0.15) is 10.6 Å². The number of carbonyl (C=O) groups excluding carboxylic acids is 1. The fraction of sp³-hybridized carbons (Fsp3) is 0.235. The first-order valence-electron chi connectivity index (χ1n) is 7.88. The molecule has 0 saturated heterocycles. The van der Waals surface area contributed by atoms with Gasteiger partial charge in [-0.2, -0.15) is 13.2 Å². The van der Waals surface area contributed by atoms with Crippen LogP contribution in [0.3, 0.4) is 0 Å². The summed E-state index contributed by atoms with van der Waals surface area (Å²) < 4.78 is 67.2. The van der Waals surface area contributed by atoms with Crippen molar-refractivity contribution in [1.82, 2.24) is 9.38 Å². The van der Waals surface area contributed by atoms with Crippen molar-refractivity contribution in [1.29, 1.82) is 0 Å². The Labute approximate surface area is 168 Å². The first kappa shape index (κ1) is 21.2. The highest BCUT2D eigenvalue weighted by molar-refractivity contribution is 7.17. The second-order valence-corrected chi connectivity index (χ2v) is 7.60. The average Bonchev–Trinajstić information content (AvgIpc) is 2.96. The number of halogens is 6. The van der Waals surface area contributed by atoms with Crippen LogP contribution in [0.5, 0.6) is 0 Å². The number of hydrogen-bond donors (Lipinski definition) is 1. The van der Waals surface area contributed by atoms with E-state index in [0.717, 1.165) is 18.2 Å². The highest BCUT2D eigenvalue weighted by Gasteiger charge is 2.39. The van der Waals surface area contributed by atoms with Crippen molar-refractivity contribution in [2.45, 2.75) is 25.4 Å². The minimum atomic E-state index is -4.92. The maximum Gasteiger partial charge on any atom is 0.427 e. The molecule has 1 amide bonds. The van der Waals surface area contributed by atoms with Gasteiger partial charge in [0, 0.05) is 30.0 Å². The predicted molar refractivity (Wildman–Crippen MR) is 96.7 cm³/mol. The molecule has 0 aliphatic carbocycles. The molecule has 2 N–H and O–H groups in total. The van der Waals surface area contributed by atoms with Crippen molar-refractivity contribution >= 4 is 33.8 Å². The highest BCUT2D eigenvalue weighted by atomic mass is 35.5. The summed E-state index contributed by atoms with van der Waals surface area (Å²) in [5, 5.41) is 0.125. The van der Waals surface area contributed by atoms with Gasteiger partial charge >= 0.3 is 6.18 Å². The average molecular weight is 452 g/mol. The van der Waals surface area contributed by atoms with Gasteiger partial charge in [-0.15, -0.1) is 0 Å². The molecular formula is C17H11ClF5N3O2S. The van der Waals surface area contributed by atoms with E-state index in [4.69, 9.17) is 17.3 Å². The molecule has 0 spiro atoms. The van der Waals surface area contributed by atoms with Crippen LogP contribution in [-0.2, 0) is 18.5 Å². The van der Waals surface area contributed by atoms with Gasteiger partial charge in [0.2, 0.25) is 0 Å². The maximum absolute atomic E-state index is 13.6. The molecule has 0 bridgehead atoms. The number of amides is 1. The van der Waals surface area contributed by atoms with Crippen LogP contribution in [0, 0.1) is 0 Å². The Morgan fingerprint density at radius 3 is 2.45 bits per heavy atom. The summed E-state index contributed by atoms with van der Waals surface area (Å²) in [7, 11) is 0. The number of benzene rings is 1.